The molecule has 0 saturated carbocycles. The van der Waals surface area contributed by atoms with E-state index in [1.54, 1.807) is 19.2 Å². The number of nitrogens with zero attached hydrogens (tertiary/aromatic N) is 3. The maximum Gasteiger partial charge on any atom is 0.242 e. The quantitative estimate of drug-likeness (QED) is 0.381. The van der Waals surface area contributed by atoms with E-state index in [2.05, 4.69) is 15.2 Å². The maximum atomic E-state index is 12.1. The van der Waals surface area contributed by atoms with Crippen LogP contribution in [0.4, 0.5) is 0 Å². The van der Waals surface area contributed by atoms with Crippen molar-refractivity contribution >= 4 is 40.0 Å². The van der Waals surface area contributed by atoms with Crippen molar-refractivity contribution in [3.05, 3.63) is 29.8 Å². The summed E-state index contributed by atoms with van der Waals surface area (Å²) >= 11 is 0. The van der Waals surface area contributed by atoms with Crippen LogP contribution in [0.25, 0.3) is 0 Å². The number of nitrogens with one attached hydrogen (secondary N) is 1. The zero-order valence-electron chi connectivity index (χ0n) is 16.1. The summed E-state index contributed by atoms with van der Waals surface area (Å²) in [6.07, 6.45) is 2.27. The molecule has 1 aromatic rings. The Labute approximate surface area is 179 Å². The second-order valence-electron chi connectivity index (χ2n) is 7.31. The van der Waals surface area contributed by atoms with Crippen LogP contribution in [0.2, 0.25) is 0 Å². The topological polar surface area (TPSA) is 74.2 Å². The number of halogens is 1. The number of hydrogen-bond acceptors (Lipinski definition) is 4. The fraction of sp³-hybridized carbons (Fsp3) is 0.611. The van der Waals surface area contributed by atoms with Crippen LogP contribution in [-0.2, 0) is 21.3 Å². The molecule has 1 spiro atoms. The minimum absolute atomic E-state index is 0. The summed E-state index contributed by atoms with van der Waals surface area (Å²) in [5, 5.41) is 3.39. The molecule has 2 aliphatic heterocycles. The van der Waals surface area contributed by atoms with E-state index in [4.69, 9.17) is 4.74 Å². The van der Waals surface area contributed by atoms with Gasteiger partial charge in [-0.05, 0) is 30.5 Å². The normalized spacial score (nSPS) is 23.1. The fourth-order valence-electron chi connectivity index (χ4n) is 3.59. The molecule has 1 N–H and O–H groups in total. The molecule has 0 amide bonds. The van der Waals surface area contributed by atoms with Crippen molar-refractivity contribution in [3.63, 3.8) is 0 Å². The molecular formula is C18H29IN4O3S. The minimum atomic E-state index is -3.39. The lowest BCUT2D eigenvalue weighted by atomic mass is 9.87. The van der Waals surface area contributed by atoms with Crippen LogP contribution in [0, 0.1) is 5.41 Å². The van der Waals surface area contributed by atoms with E-state index in [0.29, 0.717) is 16.9 Å². The third-order valence-electron chi connectivity index (χ3n) is 5.29. The van der Waals surface area contributed by atoms with Gasteiger partial charge in [0.25, 0.3) is 0 Å². The van der Waals surface area contributed by atoms with E-state index in [1.165, 1.54) is 18.4 Å². The van der Waals surface area contributed by atoms with Crippen LogP contribution >= 0.6 is 24.0 Å². The Morgan fingerprint density at radius 3 is 2.56 bits per heavy atom. The summed E-state index contributed by atoms with van der Waals surface area (Å²) in [5.41, 5.74) is 1.31. The lowest BCUT2D eigenvalue weighted by molar-refractivity contribution is 0.156. The highest BCUT2D eigenvalue weighted by molar-refractivity contribution is 14.0. The molecule has 2 saturated heterocycles. The van der Waals surface area contributed by atoms with Gasteiger partial charge in [-0.15, -0.1) is 24.0 Å². The van der Waals surface area contributed by atoms with Gasteiger partial charge in [0.15, 0.2) is 5.96 Å². The van der Waals surface area contributed by atoms with Gasteiger partial charge in [-0.25, -0.2) is 12.7 Å². The van der Waals surface area contributed by atoms with E-state index in [9.17, 15) is 8.42 Å². The Bertz CT molecular complexity index is 759. The highest BCUT2D eigenvalue weighted by atomic mass is 127. The molecule has 3 rings (SSSR count). The highest BCUT2D eigenvalue weighted by Crippen LogP contribution is 2.38. The largest absolute Gasteiger partial charge is 0.381 e. The first-order valence-corrected chi connectivity index (χ1v) is 10.4. The molecule has 9 heteroatoms. The molecule has 27 heavy (non-hydrogen) atoms. The monoisotopic (exact) mass is 508 g/mol. The van der Waals surface area contributed by atoms with Crippen LogP contribution in [0.5, 0.6) is 0 Å². The molecule has 2 heterocycles. The Morgan fingerprint density at radius 1 is 1.30 bits per heavy atom. The first-order chi connectivity index (χ1) is 12.4. The number of benzene rings is 1. The summed E-state index contributed by atoms with van der Waals surface area (Å²) in [4.78, 5) is 7.00. The number of ether oxygens (including phenoxy) is 1. The molecule has 2 aliphatic rings. The maximum absolute atomic E-state index is 12.1. The summed E-state index contributed by atoms with van der Waals surface area (Å²) in [6, 6.07) is 6.98. The molecule has 1 atom stereocenters. The average Bonchev–Trinajstić information content (AvgIpc) is 3.26. The summed E-state index contributed by atoms with van der Waals surface area (Å²) in [6.45, 7) is 4.29. The number of sulfonamides is 1. The minimum Gasteiger partial charge on any atom is -0.381 e. The molecule has 0 bridgehead atoms. The van der Waals surface area contributed by atoms with E-state index in [0.717, 1.165) is 50.7 Å². The number of guanidine groups is 1. The zero-order chi connectivity index (χ0) is 18.8. The number of hydrogen-bond donors (Lipinski definition) is 1. The van der Waals surface area contributed by atoms with Gasteiger partial charge in [0.2, 0.25) is 10.0 Å². The molecule has 0 radical (unpaired) electrons. The van der Waals surface area contributed by atoms with Crippen LogP contribution in [0.3, 0.4) is 0 Å². The van der Waals surface area contributed by atoms with Crippen LogP contribution in [0.1, 0.15) is 18.4 Å². The molecule has 152 valence electrons. The van der Waals surface area contributed by atoms with Crippen molar-refractivity contribution in [1.82, 2.24) is 14.5 Å². The Kier molecular flexibility index (Phi) is 7.51. The molecule has 0 aromatic heterocycles. The molecule has 1 unspecified atom stereocenters. The summed E-state index contributed by atoms with van der Waals surface area (Å²) < 4.78 is 31.1. The smallest absolute Gasteiger partial charge is 0.242 e. The number of rotatable bonds is 4. The number of likely N-dealkylation sites (tertiary alicyclic amines) is 1. The van der Waals surface area contributed by atoms with Gasteiger partial charge >= 0.3 is 0 Å². The van der Waals surface area contributed by atoms with Crippen molar-refractivity contribution < 1.29 is 13.2 Å². The van der Waals surface area contributed by atoms with Gasteiger partial charge < -0.3 is 15.0 Å². The second-order valence-corrected chi connectivity index (χ2v) is 9.46. The highest BCUT2D eigenvalue weighted by Gasteiger charge is 2.42. The fourth-order valence-corrected chi connectivity index (χ4v) is 4.49. The van der Waals surface area contributed by atoms with Gasteiger partial charge in [0.1, 0.15) is 0 Å². The van der Waals surface area contributed by atoms with Crippen LogP contribution in [0.15, 0.2) is 34.2 Å². The predicted molar refractivity (Wildman–Crippen MR) is 117 cm³/mol. The Hall–Kier alpha value is -0.910. The van der Waals surface area contributed by atoms with Gasteiger partial charge in [-0.1, -0.05) is 12.1 Å². The van der Waals surface area contributed by atoms with Crippen molar-refractivity contribution in [2.45, 2.75) is 24.3 Å². The average molecular weight is 508 g/mol. The Morgan fingerprint density at radius 2 is 2.00 bits per heavy atom. The summed E-state index contributed by atoms with van der Waals surface area (Å²) in [5.74, 6) is 0.888. The first kappa shape index (κ1) is 22.4. The SMILES string of the molecule is CN=C(NCc1ccc(S(=O)(=O)N(C)C)cc1)N1CCC2(CCOC2)C1.I. The number of aliphatic imine (C=N–C) groups is 1. The third kappa shape index (κ3) is 4.93. The van der Waals surface area contributed by atoms with Crippen molar-refractivity contribution in [3.8, 4) is 0 Å². The lowest BCUT2D eigenvalue weighted by Gasteiger charge is -2.25. The first-order valence-electron chi connectivity index (χ1n) is 8.91. The molecule has 7 nitrogen and oxygen atoms in total. The second kappa shape index (κ2) is 9.06. The molecule has 2 fully saturated rings. The van der Waals surface area contributed by atoms with Gasteiger partial charge in [-0.2, -0.15) is 0 Å². The third-order valence-corrected chi connectivity index (χ3v) is 7.12. The van der Waals surface area contributed by atoms with Crippen LogP contribution < -0.4 is 5.32 Å². The van der Waals surface area contributed by atoms with Crippen LogP contribution in [-0.4, -0.2) is 71.0 Å². The van der Waals surface area contributed by atoms with Crippen molar-refractivity contribution in [1.29, 1.82) is 0 Å². The molecular weight excluding hydrogens is 479 g/mol. The van der Waals surface area contributed by atoms with Gasteiger partial charge in [0.05, 0.1) is 11.5 Å². The van der Waals surface area contributed by atoms with Gasteiger partial charge in [-0.3, -0.25) is 4.99 Å². The molecule has 1 aromatic carbocycles. The zero-order valence-corrected chi connectivity index (χ0v) is 19.3. The Balaban J connectivity index is 0.00000261. The van der Waals surface area contributed by atoms with E-state index in [1.807, 2.05) is 12.1 Å². The lowest BCUT2D eigenvalue weighted by Crippen LogP contribution is -2.41. The van der Waals surface area contributed by atoms with E-state index >= 15 is 0 Å². The molecule has 0 aliphatic carbocycles. The van der Waals surface area contributed by atoms with Gasteiger partial charge in [0, 0.05) is 52.8 Å². The standard InChI is InChI=1S/C18H28N4O3S.HI/c1-19-17(22-10-8-18(13-22)9-11-25-14-18)20-12-15-4-6-16(7-5-15)26(23,24)21(2)3;/h4-7H,8-14H2,1-3H3,(H,19,20);1H. The summed E-state index contributed by atoms with van der Waals surface area (Å²) in [7, 11) is 1.48. The van der Waals surface area contributed by atoms with Crippen molar-refractivity contribution in [2.24, 2.45) is 10.4 Å². The van der Waals surface area contributed by atoms with Crippen molar-refractivity contribution in [2.75, 3.05) is 47.4 Å². The van der Waals surface area contributed by atoms with E-state index < -0.39 is 10.0 Å². The predicted octanol–water partition coefficient (Wildman–Crippen LogP) is 1.74. The van der Waals surface area contributed by atoms with E-state index in [-0.39, 0.29) is 24.0 Å².